The van der Waals surface area contributed by atoms with E-state index in [2.05, 4.69) is 10.6 Å². The van der Waals surface area contributed by atoms with E-state index in [4.69, 9.17) is 4.74 Å². The highest BCUT2D eigenvalue weighted by Crippen LogP contribution is 2.12. The van der Waals surface area contributed by atoms with Gasteiger partial charge in [0.1, 0.15) is 5.75 Å². The second-order valence-electron chi connectivity index (χ2n) is 5.11. The number of urea groups is 1. The highest BCUT2D eigenvalue weighted by atomic mass is 16.5. The minimum absolute atomic E-state index is 0.000457. The average Bonchev–Trinajstić information content (AvgIpc) is 2.56. The van der Waals surface area contributed by atoms with Gasteiger partial charge in [-0.15, -0.1) is 0 Å². The van der Waals surface area contributed by atoms with Crippen LogP contribution >= 0.6 is 0 Å². The molecule has 2 amide bonds. The number of nitrogens with one attached hydrogen (secondary N) is 2. The summed E-state index contributed by atoms with van der Waals surface area (Å²) in [5.41, 5.74) is 2.39. The van der Waals surface area contributed by atoms with E-state index in [1.54, 1.807) is 31.4 Å². The Hall–Kier alpha value is -2.82. The topological polar surface area (TPSA) is 67.4 Å². The molecule has 0 saturated heterocycles. The molecular weight excluding hydrogens is 292 g/mol. The van der Waals surface area contributed by atoms with Crippen LogP contribution in [0.4, 0.5) is 10.5 Å². The molecule has 0 radical (unpaired) electrons. The predicted molar refractivity (Wildman–Crippen MR) is 90.2 cm³/mol. The van der Waals surface area contributed by atoms with Gasteiger partial charge in [-0.05, 0) is 55.3 Å². The largest absolute Gasteiger partial charge is 0.497 e. The van der Waals surface area contributed by atoms with E-state index in [9.17, 15) is 9.59 Å². The first-order valence-corrected chi connectivity index (χ1v) is 7.37. The molecule has 0 aliphatic rings. The first kappa shape index (κ1) is 16.5. The molecule has 0 heterocycles. The fraction of sp³-hybridized carbons (Fsp3) is 0.222. The Balaban J connectivity index is 1.77. The fourth-order valence-corrected chi connectivity index (χ4v) is 2.08. The van der Waals surface area contributed by atoms with Crippen molar-refractivity contribution in [3.05, 3.63) is 59.7 Å². The van der Waals surface area contributed by atoms with Crippen molar-refractivity contribution in [2.45, 2.75) is 13.3 Å². The Labute approximate surface area is 135 Å². The number of carbonyl (C=O) groups excluding carboxylic acids is 2. The minimum atomic E-state index is -0.269. The van der Waals surface area contributed by atoms with Crippen LogP contribution in [0.2, 0.25) is 0 Å². The minimum Gasteiger partial charge on any atom is -0.497 e. The molecule has 2 aromatic rings. The molecule has 120 valence electrons. The van der Waals surface area contributed by atoms with Crippen molar-refractivity contribution in [1.82, 2.24) is 5.32 Å². The normalized spacial score (nSPS) is 10.0. The van der Waals surface area contributed by atoms with E-state index in [0.29, 0.717) is 17.8 Å². The third-order valence-corrected chi connectivity index (χ3v) is 3.41. The number of hydrogen-bond donors (Lipinski definition) is 2. The SMILES string of the molecule is COc1ccc(CCNC(=O)Nc2ccc(C(C)=O)cc2)cc1. The van der Waals surface area contributed by atoms with Gasteiger partial charge in [0, 0.05) is 17.8 Å². The first-order chi connectivity index (χ1) is 11.1. The number of rotatable bonds is 6. The van der Waals surface area contributed by atoms with Gasteiger partial charge < -0.3 is 15.4 Å². The molecule has 0 spiro atoms. The van der Waals surface area contributed by atoms with Crippen molar-refractivity contribution in [3.63, 3.8) is 0 Å². The molecule has 0 fully saturated rings. The highest BCUT2D eigenvalue weighted by molar-refractivity contribution is 5.95. The molecule has 2 rings (SSSR count). The molecule has 0 atom stereocenters. The number of carbonyl (C=O) groups is 2. The molecule has 0 bridgehead atoms. The third-order valence-electron chi connectivity index (χ3n) is 3.41. The van der Waals surface area contributed by atoms with Gasteiger partial charge in [-0.2, -0.15) is 0 Å². The van der Waals surface area contributed by atoms with Gasteiger partial charge in [0.05, 0.1) is 7.11 Å². The number of Topliss-reactive ketones (excluding diaryl/α,β-unsaturated/α-hetero) is 1. The summed E-state index contributed by atoms with van der Waals surface area (Å²) >= 11 is 0. The maximum absolute atomic E-state index is 11.8. The molecule has 0 unspecified atom stereocenters. The van der Waals surface area contributed by atoms with Gasteiger partial charge in [-0.3, -0.25) is 4.79 Å². The number of ether oxygens (including phenoxy) is 1. The van der Waals surface area contributed by atoms with Gasteiger partial charge >= 0.3 is 6.03 Å². The van der Waals surface area contributed by atoms with Crippen LogP contribution in [0.1, 0.15) is 22.8 Å². The fourth-order valence-electron chi connectivity index (χ4n) is 2.08. The summed E-state index contributed by atoms with van der Waals surface area (Å²) < 4.78 is 5.10. The summed E-state index contributed by atoms with van der Waals surface area (Å²) in [4.78, 5) is 23.0. The van der Waals surface area contributed by atoms with E-state index >= 15 is 0 Å². The van der Waals surface area contributed by atoms with Gasteiger partial charge in [0.25, 0.3) is 0 Å². The summed E-state index contributed by atoms with van der Waals surface area (Å²) in [5.74, 6) is 0.814. The summed E-state index contributed by atoms with van der Waals surface area (Å²) in [6, 6.07) is 14.3. The van der Waals surface area contributed by atoms with E-state index in [1.807, 2.05) is 24.3 Å². The van der Waals surface area contributed by atoms with Crippen molar-refractivity contribution >= 4 is 17.5 Å². The van der Waals surface area contributed by atoms with Crippen LogP contribution in [0.15, 0.2) is 48.5 Å². The molecular formula is C18H20N2O3. The van der Waals surface area contributed by atoms with Gasteiger partial charge in [-0.1, -0.05) is 12.1 Å². The molecule has 0 aliphatic heterocycles. The summed E-state index contributed by atoms with van der Waals surface area (Å²) in [6.07, 6.45) is 0.737. The lowest BCUT2D eigenvalue weighted by molar-refractivity contribution is 0.101. The Morgan fingerprint density at radius 3 is 2.22 bits per heavy atom. The third kappa shape index (κ3) is 5.14. The molecule has 5 nitrogen and oxygen atoms in total. The van der Waals surface area contributed by atoms with Crippen molar-refractivity contribution in [3.8, 4) is 5.75 Å². The molecule has 0 aromatic heterocycles. The lowest BCUT2D eigenvalue weighted by atomic mass is 10.1. The Bertz CT molecular complexity index is 664. The van der Waals surface area contributed by atoms with Crippen molar-refractivity contribution in [1.29, 1.82) is 0 Å². The van der Waals surface area contributed by atoms with E-state index < -0.39 is 0 Å². The summed E-state index contributed by atoms with van der Waals surface area (Å²) in [7, 11) is 1.63. The number of anilines is 1. The van der Waals surface area contributed by atoms with E-state index in [-0.39, 0.29) is 11.8 Å². The van der Waals surface area contributed by atoms with Crippen LogP contribution < -0.4 is 15.4 Å². The number of ketones is 1. The smallest absolute Gasteiger partial charge is 0.319 e. The van der Waals surface area contributed by atoms with Gasteiger partial charge in [0.2, 0.25) is 0 Å². The molecule has 2 aromatic carbocycles. The van der Waals surface area contributed by atoms with Crippen LogP contribution in [-0.4, -0.2) is 25.5 Å². The van der Waals surface area contributed by atoms with Crippen LogP contribution in [0.5, 0.6) is 5.75 Å². The maximum atomic E-state index is 11.8. The zero-order valence-electron chi connectivity index (χ0n) is 13.3. The number of methoxy groups -OCH3 is 1. The second-order valence-corrected chi connectivity index (χ2v) is 5.11. The lowest BCUT2D eigenvalue weighted by Crippen LogP contribution is -2.30. The first-order valence-electron chi connectivity index (χ1n) is 7.37. The number of hydrogen-bond acceptors (Lipinski definition) is 3. The monoisotopic (exact) mass is 312 g/mol. The van der Waals surface area contributed by atoms with Crippen molar-refractivity contribution in [2.24, 2.45) is 0 Å². The molecule has 5 heteroatoms. The summed E-state index contributed by atoms with van der Waals surface area (Å²) in [5, 5.41) is 5.53. The zero-order chi connectivity index (χ0) is 16.7. The Morgan fingerprint density at radius 2 is 1.65 bits per heavy atom. The highest BCUT2D eigenvalue weighted by Gasteiger charge is 2.03. The quantitative estimate of drug-likeness (QED) is 0.805. The van der Waals surface area contributed by atoms with Crippen molar-refractivity contribution in [2.75, 3.05) is 19.0 Å². The van der Waals surface area contributed by atoms with Gasteiger partial charge in [0.15, 0.2) is 5.78 Å². The van der Waals surface area contributed by atoms with Crippen LogP contribution in [0, 0.1) is 0 Å². The molecule has 0 aliphatic carbocycles. The lowest BCUT2D eigenvalue weighted by Gasteiger charge is -2.08. The Kier molecular flexibility index (Phi) is 5.74. The standard InChI is InChI=1S/C18H20N2O3/c1-13(21)15-5-7-16(8-6-15)20-18(22)19-12-11-14-3-9-17(23-2)10-4-14/h3-10H,11-12H2,1-2H3,(H2,19,20,22). The molecule has 23 heavy (non-hydrogen) atoms. The van der Waals surface area contributed by atoms with Crippen LogP contribution in [0.25, 0.3) is 0 Å². The van der Waals surface area contributed by atoms with Crippen LogP contribution in [0.3, 0.4) is 0 Å². The van der Waals surface area contributed by atoms with Crippen LogP contribution in [-0.2, 0) is 6.42 Å². The van der Waals surface area contributed by atoms with E-state index in [1.165, 1.54) is 6.92 Å². The van der Waals surface area contributed by atoms with Crippen molar-refractivity contribution < 1.29 is 14.3 Å². The van der Waals surface area contributed by atoms with Gasteiger partial charge in [-0.25, -0.2) is 4.79 Å². The molecule has 0 saturated carbocycles. The predicted octanol–water partition coefficient (Wildman–Crippen LogP) is 3.26. The molecule has 2 N–H and O–H groups in total. The Morgan fingerprint density at radius 1 is 1.00 bits per heavy atom. The van der Waals surface area contributed by atoms with E-state index in [0.717, 1.165) is 17.7 Å². The zero-order valence-corrected chi connectivity index (χ0v) is 13.3. The second kappa shape index (κ2) is 7.98. The number of amides is 2. The summed E-state index contributed by atoms with van der Waals surface area (Å²) in [6.45, 7) is 2.04. The average molecular weight is 312 g/mol. The maximum Gasteiger partial charge on any atom is 0.319 e. The number of benzene rings is 2.